The molecule has 102 valence electrons. The highest BCUT2D eigenvalue weighted by atomic mass is 32.1. The molecule has 1 aromatic rings. The van der Waals surface area contributed by atoms with Crippen molar-refractivity contribution < 1.29 is 31.1 Å². The van der Waals surface area contributed by atoms with Gasteiger partial charge in [-0.1, -0.05) is 11.3 Å². The topological polar surface area (TPSA) is 80.9 Å². The summed E-state index contributed by atoms with van der Waals surface area (Å²) in [5, 5.41) is 6.81. The van der Waals surface area contributed by atoms with E-state index in [0.29, 0.717) is 11.3 Å². The van der Waals surface area contributed by atoms with E-state index in [-0.39, 0.29) is 5.13 Å². The fourth-order valence-corrected chi connectivity index (χ4v) is 1.46. The zero-order chi connectivity index (χ0) is 14.1. The molecule has 0 unspecified atom stereocenters. The molecule has 12 heteroatoms. The minimum Gasteiger partial charge on any atom is -0.374 e. The van der Waals surface area contributed by atoms with Crippen LogP contribution in [0.1, 0.15) is 0 Å². The van der Waals surface area contributed by atoms with Gasteiger partial charge in [-0.05, 0) is 0 Å². The van der Waals surface area contributed by atoms with E-state index in [9.17, 15) is 31.1 Å². The number of rotatable bonds is 2. The van der Waals surface area contributed by atoms with Crippen LogP contribution in [-0.2, 0) is 4.79 Å². The second kappa shape index (κ2) is 4.59. The molecule has 0 aliphatic heterocycles. The molecule has 1 heterocycles. The van der Waals surface area contributed by atoms with Crippen LogP contribution in [0.15, 0.2) is 0 Å². The fourth-order valence-electron chi connectivity index (χ4n) is 0.946. The molecular weight excluding hydrogens is 290 g/mol. The van der Waals surface area contributed by atoms with Crippen molar-refractivity contribution in [2.45, 2.75) is 12.4 Å². The van der Waals surface area contributed by atoms with Crippen LogP contribution in [0.2, 0.25) is 0 Å². The average molecular weight is 294 g/mol. The van der Waals surface area contributed by atoms with Crippen LogP contribution in [0, 0.1) is 5.92 Å². The number of nitrogens with two attached hydrogens (primary N) is 1. The van der Waals surface area contributed by atoms with Gasteiger partial charge in [0.05, 0.1) is 0 Å². The first-order valence-electron chi connectivity index (χ1n) is 4.05. The van der Waals surface area contributed by atoms with Crippen molar-refractivity contribution in [2.75, 3.05) is 11.1 Å². The van der Waals surface area contributed by atoms with Gasteiger partial charge in [-0.25, -0.2) is 0 Å². The molecule has 1 aromatic heterocycles. The van der Waals surface area contributed by atoms with Gasteiger partial charge in [-0.3, -0.25) is 10.1 Å². The van der Waals surface area contributed by atoms with Gasteiger partial charge in [0.15, 0.2) is 0 Å². The van der Waals surface area contributed by atoms with E-state index in [1.807, 2.05) is 0 Å². The maximum absolute atomic E-state index is 12.1. The normalized spacial score (nSPS) is 12.8. The summed E-state index contributed by atoms with van der Waals surface area (Å²) in [5.74, 6) is -6.42. The molecule has 3 N–H and O–H groups in total. The highest BCUT2D eigenvalue weighted by Crippen LogP contribution is 2.40. The molecule has 0 saturated heterocycles. The Morgan fingerprint density at radius 3 is 2.00 bits per heavy atom. The van der Waals surface area contributed by atoms with Crippen molar-refractivity contribution in [1.82, 2.24) is 10.2 Å². The number of nitrogen functional groups attached to an aromatic ring is 1. The molecule has 0 saturated carbocycles. The van der Waals surface area contributed by atoms with Crippen molar-refractivity contribution in [3.8, 4) is 0 Å². The van der Waals surface area contributed by atoms with Gasteiger partial charge in [0.2, 0.25) is 22.1 Å². The summed E-state index contributed by atoms with van der Waals surface area (Å²) in [7, 11) is 0. The highest BCUT2D eigenvalue weighted by molar-refractivity contribution is 7.18. The fraction of sp³-hybridized carbons (Fsp3) is 0.500. The van der Waals surface area contributed by atoms with E-state index in [1.165, 1.54) is 5.32 Å². The smallest absolute Gasteiger partial charge is 0.374 e. The van der Waals surface area contributed by atoms with Gasteiger partial charge in [0, 0.05) is 0 Å². The summed E-state index contributed by atoms with van der Waals surface area (Å²) in [6, 6.07) is 0. The highest BCUT2D eigenvalue weighted by Gasteiger charge is 2.61. The number of amides is 1. The number of nitrogens with one attached hydrogen (secondary N) is 1. The predicted molar refractivity (Wildman–Crippen MR) is 48.6 cm³/mol. The second-order valence-electron chi connectivity index (χ2n) is 2.95. The molecule has 0 aliphatic carbocycles. The third kappa shape index (κ3) is 3.45. The first-order chi connectivity index (χ1) is 8.01. The minimum atomic E-state index is -5.75. The van der Waals surface area contributed by atoms with Crippen LogP contribution >= 0.6 is 11.3 Å². The van der Waals surface area contributed by atoms with Crippen molar-refractivity contribution >= 4 is 27.5 Å². The Bertz CT molecular complexity index is 426. The molecule has 0 radical (unpaired) electrons. The number of hydrogen-bond acceptors (Lipinski definition) is 5. The summed E-state index contributed by atoms with van der Waals surface area (Å²) in [5.41, 5.74) is 5.05. The quantitative estimate of drug-likeness (QED) is 0.815. The summed E-state index contributed by atoms with van der Waals surface area (Å²) >= 11 is 0.444. The van der Waals surface area contributed by atoms with Crippen LogP contribution in [0.25, 0.3) is 0 Å². The van der Waals surface area contributed by atoms with Gasteiger partial charge in [-0.15, -0.1) is 10.2 Å². The molecule has 1 rings (SSSR count). The van der Waals surface area contributed by atoms with E-state index in [2.05, 4.69) is 10.2 Å². The van der Waals surface area contributed by atoms with Crippen LogP contribution in [-0.4, -0.2) is 28.5 Å². The zero-order valence-electron chi connectivity index (χ0n) is 8.13. The van der Waals surface area contributed by atoms with Gasteiger partial charge >= 0.3 is 12.4 Å². The Kier molecular flexibility index (Phi) is 3.69. The molecular formula is C6H4F6N4OS. The molecule has 0 aromatic carbocycles. The van der Waals surface area contributed by atoms with Crippen LogP contribution in [0.3, 0.4) is 0 Å². The lowest BCUT2D eigenvalue weighted by molar-refractivity contribution is -0.272. The van der Waals surface area contributed by atoms with Crippen molar-refractivity contribution in [1.29, 1.82) is 0 Å². The first kappa shape index (κ1) is 14.5. The van der Waals surface area contributed by atoms with Gasteiger partial charge < -0.3 is 5.73 Å². The summed E-state index contributed by atoms with van der Waals surface area (Å²) in [6.07, 6.45) is -11.5. The van der Waals surface area contributed by atoms with Crippen molar-refractivity contribution in [2.24, 2.45) is 5.92 Å². The number of carbonyl (C=O) groups is 1. The average Bonchev–Trinajstić information content (AvgIpc) is 2.44. The minimum absolute atomic E-state index is 0.208. The molecule has 0 atom stereocenters. The Balaban J connectivity index is 2.91. The zero-order valence-corrected chi connectivity index (χ0v) is 8.95. The number of hydrogen-bond donors (Lipinski definition) is 2. The van der Waals surface area contributed by atoms with Crippen molar-refractivity contribution in [3.63, 3.8) is 0 Å². The monoisotopic (exact) mass is 294 g/mol. The Labute approximate surface area is 99.0 Å². The third-order valence-electron chi connectivity index (χ3n) is 1.59. The number of carbonyl (C=O) groups excluding carboxylic acids is 1. The van der Waals surface area contributed by atoms with Crippen LogP contribution in [0.5, 0.6) is 0 Å². The van der Waals surface area contributed by atoms with E-state index in [4.69, 9.17) is 5.73 Å². The largest absolute Gasteiger partial charge is 0.409 e. The van der Waals surface area contributed by atoms with Gasteiger partial charge in [0.25, 0.3) is 0 Å². The lowest BCUT2D eigenvalue weighted by atomic mass is 10.1. The van der Waals surface area contributed by atoms with Gasteiger partial charge in [-0.2, -0.15) is 26.3 Å². The summed E-state index contributed by atoms with van der Waals surface area (Å²) in [6.45, 7) is 0. The summed E-state index contributed by atoms with van der Waals surface area (Å²) in [4.78, 5) is 11.0. The number of anilines is 2. The Morgan fingerprint density at radius 1 is 1.17 bits per heavy atom. The molecule has 0 aliphatic rings. The number of halogens is 6. The number of nitrogens with zero attached hydrogens (tertiary/aromatic N) is 2. The molecule has 0 bridgehead atoms. The molecule has 1 amide bonds. The molecule has 0 spiro atoms. The maximum atomic E-state index is 12.1. The number of alkyl halides is 6. The Hall–Kier alpha value is -1.59. The van der Waals surface area contributed by atoms with Gasteiger partial charge in [0.1, 0.15) is 0 Å². The molecule has 5 nitrogen and oxygen atoms in total. The van der Waals surface area contributed by atoms with E-state index >= 15 is 0 Å². The second-order valence-corrected chi connectivity index (χ2v) is 3.96. The lowest BCUT2D eigenvalue weighted by Crippen LogP contribution is -2.45. The van der Waals surface area contributed by atoms with Crippen LogP contribution in [0.4, 0.5) is 36.6 Å². The first-order valence-corrected chi connectivity index (χ1v) is 4.86. The predicted octanol–water partition coefficient (Wildman–Crippen LogP) is 1.80. The standard InChI is InChI=1S/C6H4F6N4OS/c7-5(8,9)1(6(10,11)12)2(17)14-4-16-15-3(13)18-4/h1H,(H2,13,15)(H,14,16,17). The Morgan fingerprint density at radius 2 is 1.67 bits per heavy atom. The summed E-state index contributed by atoms with van der Waals surface area (Å²) < 4.78 is 72.8. The maximum Gasteiger partial charge on any atom is 0.409 e. The number of aromatic nitrogens is 2. The van der Waals surface area contributed by atoms with Crippen molar-refractivity contribution in [3.05, 3.63) is 0 Å². The van der Waals surface area contributed by atoms with E-state index in [0.717, 1.165) is 0 Å². The van der Waals surface area contributed by atoms with E-state index in [1.54, 1.807) is 0 Å². The molecule has 18 heavy (non-hydrogen) atoms. The lowest BCUT2D eigenvalue weighted by Gasteiger charge is -2.21. The van der Waals surface area contributed by atoms with E-state index < -0.39 is 29.3 Å². The SMILES string of the molecule is Nc1nnc(NC(=O)C(C(F)(F)F)C(F)(F)F)s1. The van der Waals surface area contributed by atoms with Crippen LogP contribution < -0.4 is 11.1 Å². The molecule has 0 fully saturated rings. The third-order valence-corrected chi connectivity index (χ3v) is 2.26.